The van der Waals surface area contributed by atoms with E-state index in [-0.39, 0.29) is 12.7 Å². The van der Waals surface area contributed by atoms with Gasteiger partial charge in [-0.05, 0) is 20.8 Å². The average Bonchev–Trinajstić information content (AvgIpc) is 2.01. The Hall–Kier alpha value is -1.12. The van der Waals surface area contributed by atoms with E-state index in [4.69, 9.17) is 14.9 Å². The summed E-state index contributed by atoms with van der Waals surface area (Å²) in [7, 11) is 0. The molecule has 5 heteroatoms. The van der Waals surface area contributed by atoms with Crippen LogP contribution in [0.5, 0.6) is 0 Å². The number of rotatable bonds is 4. The van der Waals surface area contributed by atoms with E-state index in [2.05, 4.69) is 0 Å². The number of carbonyl (C=O) groups is 1. The van der Waals surface area contributed by atoms with Crippen molar-refractivity contribution in [3.63, 3.8) is 0 Å². The van der Waals surface area contributed by atoms with Crippen LogP contribution in [0.4, 0.5) is 0 Å². The predicted molar refractivity (Wildman–Crippen MR) is 40.3 cm³/mol. The number of carbonyl (C=O) groups excluding carboxylic acids is 1. The van der Waals surface area contributed by atoms with Gasteiger partial charge in [-0.3, -0.25) is 4.79 Å². The van der Waals surface area contributed by atoms with Gasteiger partial charge in [-0.25, -0.2) is 9.68 Å². The van der Waals surface area contributed by atoms with E-state index in [1.54, 1.807) is 20.8 Å². The lowest BCUT2D eigenvalue weighted by molar-refractivity contribution is -0.349. The van der Waals surface area contributed by atoms with Crippen molar-refractivity contribution in [2.45, 2.75) is 26.9 Å². The van der Waals surface area contributed by atoms with E-state index in [0.29, 0.717) is 5.23 Å². The fourth-order valence-corrected chi connectivity index (χ4v) is 0.486. The van der Waals surface area contributed by atoms with Crippen molar-refractivity contribution in [1.82, 2.24) is 5.23 Å². The summed E-state index contributed by atoms with van der Waals surface area (Å²) < 4.78 is 0. The van der Waals surface area contributed by atoms with Crippen molar-refractivity contribution in [2.75, 3.05) is 6.61 Å². The summed E-state index contributed by atoms with van der Waals surface area (Å²) in [6.07, 6.45) is -0.200. The largest absolute Gasteiger partial charge is 0.373 e. The lowest BCUT2D eigenvalue weighted by atomic mass is 10.5. The van der Waals surface area contributed by atoms with Crippen molar-refractivity contribution in [2.24, 2.45) is 0 Å². The molecule has 0 aromatic heterocycles. The van der Waals surface area contributed by atoms with Gasteiger partial charge in [0.15, 0.2) is 6.07 Å². The Balaban J connectivity index is 4.05. The molecular formula is C7H12N2O3. The second kappa shape index (κ2) is 5.52. The third-order valence-electron chi connectivity index (χ3n) is 0.814. The first-order valence-electron chi connectivity index (χ1n) is 3.65. The smallest absolute Gasteiger partial charge is 0.252 e. The van der Waals surface area contributed by atoms with E-state index in [1.807, 2.05) is 0 Å². The molecule has 1 amide bonds. The molecule has 0 aliphatic rings. The number of hydrogen-bond donors (Lipinski definition) is 0. The molecule has 0 N–H and O–H groups in total. The van der Waals surface area contributed by atoms with Gasteiger partial charge in [0.2, 0.25) is 0 Å². The van der Waals surface area contributed by atoms with E-state index < -0.39 is 5.91 Å². The Kier molecular flexibility index (Phi) is 5.00. The van der Waals surface area contributed by atoms with Crippen molar-refractivity contribution in [3.8, 4) is 6.07 Å². The Morgan fingerprint density at radius 1 is 1.67 bits per heavy atom. The summed E-state index contributed by atoms with van der Waals surface area (Å²) in [5.74, 6) is -0.856. The first-order chi connectivity index (χ1) is 5.61. The Bertz CT molecular complexity index is 186. The molecule has 0 aliphatic heterocycles. The lowest BCUT2D eigenvalue weighted by Gasteiger charge is -2.18. The molecule has 5 nitrogen and oxygen atoms in total. The van der Waals surface area contributed by atoms with Gasteiger partial charge in [-0.15, -0.1) is 0 Å². The average molecular weight is 172 g/mol. The maximum atomic E-state index is 10.8. The topological polar surface area (TPSA) is 62.6 Å². The van der Waals surface area contributed by atoms with Gasteiger partial charge < -0.3 is 0 Å². The van der Waals surface area contributed by atoms with Crippen LogP contribution < -0.4 is 0 Å². The highest BCUT2D eigenvalue weighted by Gasteiger charge is 2.15. The maximum Gasteiger partial charge on any atom is 0.373 e. The number of amides is 1. The van der Waals surface area contributed by atoms with Gasteiger partial charge in [-0.1, -0.05) is 5.23 Å². The summed E-state index contributed by atoms with van der Waals surface area (Å²) in [6.45, 7) is 5.44. The quantitative estimate of drug-likeness (QED) is 0.461. The maximum absolute atomic E-state index is 10.8. The highest BCUT2D eigenvalue weighted by molar-refractivity contribution is 5.89. The van der Waals surface area contributed by atoms with Gasteiger partial charge >= 0.3 is 5.91 Å². The molecule has 0 spiro atoms. The zero-order chi connectivity index (χ0) is 9.56. The van der Waals surface area contributed by atoms with Crippen LogP contribution in [0.15, 0.2) is 0 Å². The van der Waals surface area contributed by atoms with Gasteiger partial charge in [0.05, 0.1) is 12.7 Å². The first kappa shape index (κ1) is 10.9. The van der Waals surface area contributed by atoms with Crippen LogP contribution in [0.25, 0.3) is 0 Å². The highest BCUT2D eigenvalue weighted by Crippen LogP contribution is 1.98. The molecule has 12 heavy (non-hydrogen) atoms. The second-order valence-electron chi connectivity index (χ2n) is 2.25. The molecule has 0 rings (SSSR count). The lowest BCUT2D eigenvalue weighted by Crippen LogP contribution is -2.32. The molecule has 0 bridgehead atoms. The third kappa shape index (κ3) is 3.91. The van der Waals surface area contributed by atoms with Gasteiger partial charge in [0.25, 0.3) is 0 Å². The summed E-state index contributed by atoms with van der Waals surface area (Å²) in [6, 6.07) is 1.39. The van der Waals surface area contributed by atoms with E-state index in [1.165, 1.54) is 6.07 Å². The molecule has 0 aliphatic carbocycles. The number of hydrogen-bond acceptors (Lipinski definition) is 4. The Morgan fingerprint density at radius 2 is 2.25 bits per heavy atom. The Morgan fingerprint density at radius 3 is 2.58 bits per heavy atom. The van der Waals surface area contributed by atoms with Crippen LogP contribution in [0, 0.1) is 11.3 Å². The monoisotopic (exact) mass is 172 g/mol. The van der Waals surface area contributed by atoms with Crippen LogP contribution in [-0.4, -0.2) is 23.8 Å². The third-order valence-corrected chi connectivity index (χ3v) is 0.814. The van der Waals surface area contributed by atoms with Crippen molar-refractivity contribution < 1.29 is 14.5 Å². The molecule has 0 fully saturated rings. The zero-order valence-corrected chi connectivity index (χ0v) is 7.40. The van der Waals surface area contributed by atoms with Crippen molar-refractivity contribution >= 4 is 5.91 Å². The summed E-state index contributed by atoms with van der Waals surface area (Å²) in [5.41, 5.74) is 0. The van der Waals surface area contributed by atoms with Gasteiger partial charge in [0.1, 0.15) is 0 Å². The minimum Gasteiger partial charge on any atom is -0.252 e. The van der Waals surface area contributed by atoms with E-state index in [9.17, 15) is 4.79 Å². The first-order valence-corrected chi connectivity index (χ1v) is 3.65. The van der Waals surface area contributed by atoms with Crippen molar-refractivity contribution in [1.29, 1.82) is 5.26 Å². The van der Waals surface area contributed by atoms with Crippen LogP contribution in [0.2, 0.25) is 0 Å². The molecular weight excluding hydrogens is 160 g/mol. The van der Waals surface area contributed by atoms with Crippen LogP contribution >= 0.6 is 0 Å². The molecule has 0 aromatic carbocycles. The molecule has 0 radical (unpaired) electrons. The molecule has 0 aromatic rings. The zero-order valence-electron chi connectivity index (χ0n) is 7.40. The molecule has 0 saturated heterocycles. The normalized spacial score (nSPS) is 9.58. The van der Waals surface area contributed by atoms with Crippen molar-refractivity contribution in [3.05, 3.63) is 0 Å². The minimum atomic E-state index is -0.856. The SMILES string of the molecule is CCON(OC(C)C)C(=O)C#N. The number of hydroxylamine groups is 2. The van der Waals surface area contributed by atoms with Gasteiger partial charge in [0, 0.05) is 0 Å². The second-order valence-corrected chi connectivity index (χ2v) is 2.25. The predicted octanol–water partition coefficient (Wildman–Crippen LogP) is 0.630. The van der Waals surface area contributed by atoms with Crippen LogP contribution in [0.3, 0.4) is 0 Å². The summed E-state index contributed by atoms with van der Waals surface area (Å²) >= 11 is 0. The Labute approximate surface area is 71.4 Å². The summed E-state index contributed by atoms with van der Waals surface area (Å²) in [5, 5.41) is 8.85. The molecule has 0 saturated carbocycles. The van der Waals surface area contributed by atoms with E-state index >= 15 is 0 Å². The number of nitriles is 1. The molecule has 0 unspecified atom stereocenters. The molecule has 0 heterocycles. The fraction of sp³-hybridized carbons (Fsp3) is 0.714. The van der Waals surface area contributed by atoms with E-state index in [0.717, 1.165) is 0 Å². The van der Waals surface area contributed by atoms with Gasteiger partial charge in [-0.2, -0.15) is 5.26 Å². The fourth-order valence-electron chi connectivity index (χ4n) is 0.486. The van der Waals surface area contributed by atoms with Crippen LogP contribution in [-0.2, 0) is 14.5 Å². The standard InChI is InChI=1S/C7H12N2O3/c1-4-11-9(7(10)5-8)12-6(2)3/h6H,4H2,1-3H3. The molecule has 68 valence electrons. The summed E-state index contributed by atoms with van der Waals surface area (Å²) in [4.78, 5) is 20.4. The number of nitrogens with zero attached hydrogens (tertiary/aromatic N) is 2. The minimum absolute atomic E-state index is 0.200. The van der Waals surface area contributed by atoms with Crippen LogP contribution in [0.1, 0.15) is 20.8 Å². The highest BCUT2D eigenvalue weighted by atomic mass is 17.0. The molecule has 0 atom stereocenters.